The van der Waals surface area contributed by atoms with Crippen molar-refractivity contribution in [2.24, 2.45) is 5.73 Å². The Labute approximate surface area is 149 Å². The first-order valence-electron chi connectivity index (χ1n) is 8.80. The molecule has 2 aliphatic heterocycles. The Balaban J connectivity index is 1.48. The molecule has 0 spiro atoms. The number of hydrogen-bond acceptors (Lipinski definition) is 3. The van der Waals surface area contributed by atoms with E-state index in [1.54, 1.807) is 0 Å². The van der Waals surface area contributed by atoms with Gasteiger partial charge in [-0.05, 0) is 19.4 Å². The Kier molecular flexibility index (Phi) is 4.15. The van der Waals surface area contributed by atoms with Gasteiger partial charge in [0.2, 0.25) is 0 Å². The number of hydrogen-bond donors (Lipinski definition) is 2. The number of rotatable bonds is 3. The van der Waals surface area contributed by atoms with Gasteiger partial charge >= 0.3 is 0 Å². The summed E-state index contributed by atoms with van der Waals surface area (Å²) in [6, 6.07) is 17.1. The van der Waals surface area contributed by atoms with Crippen molar-refractivity contribution in [3.63, 3.8) is 0 Å². The molecule has 25 heavy (non-hydrogen) atoms. The van der Waals surface area contributed by atoms with Gasteiger partial charge in [-0.1, -0.05) is 59.7 Å². The maximum atomic E-state index is 6.41. The molecule has 0 aliphatic carbocycles. The van der Waals surface area contributed by atoms with Gasteiger partial charge in [-0.3, -0.25) is 10.6 Å². The molecule has 0 saturated carbocycles. The molecule has 0 fully saturated rings. The zero-order valence-corrected chi connectivity index (χ0v) is 14.9. The summed E-state index contributed by atoms with van der Waals surface area (Å²) in [5, 5.41) is 3.58. The smallest absolute Gasteiger partial charge is 0.266 e. The molecule has 4 rings (SSSR count). The van der Waals surface area contributed by atoms with E-state index in [0.717, 1.165) is 25.5 Å². The van der Waals surface area contributed by atoms with E-state index >= 15 is 0 Å². The summed E-state index contributed by atoms with van der Waals surface area (Å²) in [4.78, 5) is 2.43. The lowest BCUT2D eigenvalue weighted by Crippen LogP contribution is -2.44. The first-order valence-corrected chi connectivity index (χ1v) is 8.80. The van der Waals surface area contributed by atoms with Gasteiger partial charge in [0.25, 0.3) is 5.84 Å². The molecule has 1 atom stereocenters. The van der Waals surface area contributed by atoms with Gasteiger partial charge in [0.05, 0.1) is 0 Å². The molecule has 0 bridgehead atoms. The summed E-state index contributed by atoms with van der Waals surface area (Å²) in [6.07, 6.45) is 2.02. The van der Waals surface area contributed by atoms with Crippen molar-refractivity contribution in [2.45, 2.75) is 26.6 Å². The van der Waals surface area contributed by atoms with Crippen LogP contribution in [0, 0.1) is 13.8 Å². The largest absolute Gasteiger partial charge is 0.289 e. The Morgan fingerprint density at radius 2 is 1.84 bits per heavy atom. The minimum Gasteiger partial charge on any atom is -0.289 e. The van der Waals surface area contributed by atoms with E-state index in [2.05, 4.69) is 77.2 Å². The number of nitrogens with two attached hydrogens (primary N) is 1. The molecule has 0 saturated heterocycles. The van der Waals surface area contributed by atoms with Gasteiger partial charge < -0.3 is 0 Å². The van der Waals surface area contributed by atoms with Gasteiger partial charge in [-0.15, -0.1) is 0 Å². The molecule has 4 heteroatoms. The highest BCUT2D eigenvalue weighted by atomic mass is 15.4. The van der Waals surface area contributed by atoms with Gasteiger partial charge in [0, 0.05) is 18.2 Å². The number of nitrogens with one attached hydrogen (secondary N) is 1. The van der Waals surface area contributed by atoms with E-state index in [4.69, 9.17) is 5.73 Å². The molecule has 4 nitrogen and oxygen atoms in total. The van der Waals surface area contributed by atoms with E-state index in [1.165, 1.54) is 28.1 Å². The molecule has 2 aromatic rings. The Morgan fingerprint density at radius 1 is 1.12 bits per heavy atom. The first-order chi connectivity index (χ1) is 12.1. The van der Waals surface area contributed by atoms with Gasteiger partial charge in [0.15, 0.2) is 6.17 Å². The van der Waals surface area contributed by atoms with Crippen LogP contribution in [0.15, 0.2) is 54.6 Å². The summed E-state index contributed by atoms with van der Waals surface area (Å²) in [7, 11) is 0. The van der Waals surface area contributed by atoms with E-state index < -0.39 is 0 Å². The molecular weight excluding hydrogens is 308 g/mol. The minimum absolute atomic E-state index is 0.0873. The lowest BCUT2D eigenvalue weighted by Gasteiger charge is -2.18. The molecule has 0 aromatic heterocycles. The standard InChI is InChI=1S/C21H24N4/c1-15-8-16(2)10-17(9-15)12-24-13-21-23-19(11-20(22)25(21)14-24)18-6-4-3-5-7-18/h3-11,20H,12-14,22H2,1-2H3/p+1. The van der Waals surface area contributed by atoms with Crippen molar-refractivity contribution in [2.75, 3.05) is 13.2 Å². The molecule has 1 unspecified atom stereocenters. The second-order valence-corrected chi connectivity index (χ2v) is 7.10. The highest BCUT2D eigenvalue weighted by molar-refractivity contribution is 5.90. The third-order valence-electron chi connectivity index (χ3n) is 4.82. The van der Waals surface area contributed by atoms with Crippen molar-refractivity contribution in [1.82, 2.24) is 10.2 Å². The van der Waals surface area contributed by atoms with Crippen LogP contribution in [-0.4, -0.2) is 34.7 Å². The summed E-state index contributed by atoms with van der Waals surface area (Å²) in [6.45, 7) is 7.01. The number of aryl methyl sites for hydroxylation is 2. The first kappa shape index (κ1) is 16.1. The van der Waals surface area contributed by atoms with Crippen LogP contribution in [-0.2, 0) is 6.54 Å². The maximum absolute atomic E-state index is 6.41. The van der Waals surface area contributed by atoms with Crippen molar-refractivity contribution in [1.29, 1.82) is 0 Å². The highest BCUT2D eigenvalue weighted by Gasteiger charge is 2.34. The topological polar surface area (TPSA) is 44.3 Å². The molecule has 128 valence electrons. The number of nitrogens with zero attached hydrogens (tertiary/aromatic N) is 2. The zero-order valence-electron chi connectivity index (χ0n) is 14.9. The normalized spacial score (nSPS) is 20.3. The van der Waals surface area contributed by atoms with Gasteiger partial charge in [-0.25, -0.2) is 9.89 Å². The van der Waals surface area contributed by atoms with Crippen LogP contribution in [0.2, 0.25) is 0 Å². The minimum atomic E-state index is -0.0873. The fourth-order valence-corrected chi connectivity index (χ4v) is 3.81. The van der Waals surface area contributed by atoms with Crippen molar-refractivity contribution in [3.8, 4) is 0 Å². The zero-order chi connectivity index (χ0) is 17.4. The number of amidine groups is 1. The lowest BCUT2D eigenvalue weighted by atomic mass is 10.1. The second-order valence-electron chi connectivity index (χ2n) is 7.10. The third kappa shape index (κ3) is 3.36. The van der Waals surface area contributed by atoms with Crippen molar-refractivity contribution >= 4 is 11.5 Å². The predicted molar refractivity (Wildman–Crippen MR) is 102 cm³/mol. The molecule has 2 aliphatic rings. The Bertz CT molecular complexity index is 831. The fourth-order valence-electron chi connectivity index (χ4n) is 3.81. The Morgan fingerprint density at radius 3 is 2.56 bits per heavy atom. The highest BCUT2D eigenvalue weighted by Crippen LogP contribution is 2.19. The second kappa shape index (κ2) is 6.47. The van der Waals surface area contributed by atoms with Crippen LogP contribution < -0.4 is 11.1 Å². The summed E-state index contributed by atoms with van der Waals surface area (Å²) >= 11 is 0. The summed E-state index contributed by atoms with van der Waals surface area (Å²) in [5.41, 5.74) is 12.7. The average Bonchev–Trinajstić information content (AvgIpc) is 2.97. The van der Waals surface area contributed by atoms with Crippen LogP contribution in [0.5, 0.6) is 0 Å². The monoisotopic (exact) mass is 333 g/mol. The quantitative estimate of drug-likeness (QED) is 0.848. The van der Waals surface area contributed by atoms with E-state index in [9.17, 15) is 0 Å². The Hall–Kier alpha value is -2.43. The molecule has 0 amide bonds. The molecule has 2 heterocycles. The van der Waals surface area contributed by atoms with Gasteiger partial charge in [0.1, 0.15) is 18.9 Å². The SMILES string of the molecule is Cc1cc(C)cc(CN2CC3=[N+](C2)C(N)C=C(c2ccccc2)N3)c1. The van der Waals surface area contributed by atoms with E-state index in [1.807, 2.05) is 6.07 Å². The van der Waals surface area contributed by atoms with E-state index in [0.29, 0.717) is 0 Å². The average molecular weight is 333 g/mol. The third-order valence-corrected chi connectivity index (χ3v) is 4.82. The molecular formula is C21H25N4+. The maximum Gasteiger partial charge on any atom is 0.266 e. The van der Waals surface area contributed by atoms with Crippen LogP contribution in [0.1, 0.15) is 22.3 Å². The number of benzene rings is 2. The van der Waals surface area contributed by atoms with Crippen LogP contribution >= 0.6 is 0 Å². The van der Waals surface area contributed by atoms with E-state index in [-0.39, 0.29) is 6.17 Å². The predicted octanol–water partition coefficient (Wildman–Crippen LogP) is 2.42. The molecule has 0 radical (unpaired) electrons. The molecule has 2 aromatic carbocycles. The fraction of sp³-hybridized carbons (Fsp3) is 0.286. The van der Waals surface area contributed by atoms with Crippen LogP contribution in [0.25, 0.3) is 5.70 Å². The van der Waals surface area contributed by atoms with Crippen LogP contribution in [0.4, 0.5) is 0 Å². The lowest BCUT2D eigenvalue weighted by molar-refractivity contribution is -0.563. The van der Waals surface area contributed by atoms with Crippen molar-refractivity contribution in [3.05, 3.63) is 76.9 Å². The summed E-state index contributed by atoms with van der Waals surface area (Å²) < 4.78 is 2.25. The molecule has 3 N–H and O–H groups in total. The summed E-state index contributed by atoms with van der Waals surface area (Å²) in [5.74, 6) is 1.19. The van der Waals surface area contributed by atoms with Crippen LogP contribution in [0.3, 0.4) is 0 Å². The van der Waals surface area contributed by atoms with Gasteiger partial charge in [-0.2, -0.15) is 0 Å². The van der Waals surface area contributed by atoms with Crippen molar-refractivity contribution < 1.29 is 4.58 Å².